The molecule has 0 fully saturated rings. The molecular formula is C23H45N7O5. The summed E-state index contributed by atoms with van der Waals surface area (Å²) in [5.74, 6) is -3.66. The second-order valence-electron chi connectivity index (χ2n) is 9.37. The first-order valence-corrected chi connectivity index (χ1v) is 12.2. The van der Waals surface area contributed by atoms with E-state index in [0.29, 0.717) is 32.2 Å². The lowest BCUT2D eigenvalue weighted by molar-refractivity contribution is -0.144. The third-order valence-electron chi connectivity index (χ3n) is 6.12. The van der Waals surface area contributed by atoms with Gasteiger partial charge in [0.1, 0.15) is 18.1 Å². The van der Waals surface area contributed by atoms with Crippen LogP contribution in [0.5, 0.6) is 0 Å². The molecule has 35 heavy (non-hydrogen) atoms. The van der Waals surface area contributed by atoms with Crippen LogP contribution in [0.2, 0.25) is 0 Å². The van der Waals surface area contributed by atoms with Gasteiger partial charge in [-0.2, -0.15) is 0 Å². The predicted molar refractivity (Wildman–Crippen MR) is 135 cm³/mol. The lowest BCUT2D eigenvalue weighted by Gasteiger charge is -2.30. The highest BCUT2D eigenvalue weighted by Crippen LogP contribution is 2.13. The van der Waals surface area contributed by atoms with Crippen molar-refractivity contribution in [2.75, 3.05) is 6.54 Å². The molecule has 0 aromatic carbocycles. The number of nitrogens with one attached hydrogen (secondary N) is 3. The molecule has 0 radical (unpaired) electrons. The van der Waals surface area contributed by atoms with Crippen LogP contribution in [-0.4, -0.2) is 65.5 Å². The molecule has 0 aliphatic rings. The molecule has 0 rings (SSSR count). The number of amides is 3. The van der Waals surface area contributed by atoms with E-state index in [2.05, 4.69) is 20.9 Å². The van der Waals surface area contributed by atoms with E-state index < -0.39 is 47.9 Å². The van der Waals surface area contributed by atoms with Gasteiger partial charge in [0, 0.05) is 6.54 Å². The number of nitrogens with two attached hydrogens (primary N) is 3. The summed E-state index contributed by atoms with van der Waals surface area (Å²) in [6, 6.07) is -3.84. The Labute approximate surface area is 208 Å². The van der Waals surface area contributed by atoms with Crippen LogP contribution in [0.4, 0.5) is 0 Å². The van der Waals surface area contributed by atoms with Crippen LogP contribution in [0.3, 0.4) is 0 Å². The average Bonchev–Trinajstić information content (AvgIpc) is 2.79. The van der Waals surface area contributed by atoms with E-state index in [4.69, 9.17) is 17.2 Å². The second kappa shape index (κ2) is 15.9. The van der Waals surface area contributed by atoms with Gasteiger partial charge in [-0.3, -0.25) is 19.4 Å². The summed E-state index contributed by atoms with van der Waals surface area (Å²) < 4.78 is 0. The van der Waals surface area contributed by atoms with E-state index in [1.54, 1.807) is 20.8 Å². The van der Waals surface area contributed by atoms with Crippen molar-refractivity contribution in [2.45, 2.75) is 91.4 Å². The molecule has 0 spiro atoms. The van der Waals surface area contributed by atoms with Gasteiger partial charge in [0.05, 0.1) is 6.04 Å². The van der Waals surface area contributed by atoms with Crippen molar-refractivity contribution in [3.05, 3.63) is 0 Å². The minimum absolute atomic E-state index is 0.0425. The fourth-order valence-corrected chi connectivity index (χ4v) is 3.32. The molecule has 6 atom stereocenters. The molecule has 0 heterocycles. The molecule has 12 nitrogen and oxygen atoms in total. The van der Waals surface area contributed by atoms with Gasteiger partial charge in [-0.15, -0.1) is 0 Å². The highest BCUT2D eigenvalue weighted by atomic mass is 16.4. The van der Waals surface area contributed by atoms with E-state index in [-0.39, 0.29) is 23.7 Å². The first kappa shape index (κ1) is 32.1. The molecule has 0 aliphatic heterocycles. The smallest absolute Gasteiger partial charge is 0.326 e. The molecule has 202 valence electrons. The van der Waals surface area contributed by atoms with Crippen molar-refractivity contribution >= 4 is 29.7 Å². The number of hydrogen-bond donors (Lipinski definition) is 7. The highest BCUT2D eigenvalue weighted by molar-refractivity contribution is 5.94. The molecule has 0 aromatic heterocycles. The Kier molecular flexibility index (Phi) is 14.6. The predicted octanol–water partition coefficient (Wildman–Crippen LogP) is -0.345. The number of guanidine groups is 1. The normalized spacial score (nSPS) is 16.2. The molecule has 12 heteroatoms. The summed E-state index contributed by atoms with van der Waals surface area (Å²) in [5.41, 5.74) is 16.5. The lowest BCUT2D eigenvalue weighted by Crippen LogP contribution is -2.60. The number of nitrogens with zero attached hydrogens (tertiary/aromatic N) is 1. The molecule has 0 aromatic rings. The summed E-state index contributed by atoms with van der Waals surface area (Å²) in [6.07, 6.45) is 1.96. The third kappa shape index (κ3) is 11.4. The standard InChI is InChI=1S/C23H45N7O5/c1-7-13(5)17(29-19(31)15(24)10-9-11-27-23(25)26)21(33)28-16(12(3)4)20(32)30-18(22(34)35)14(6)8-2/h12-18H,7-11,24H2,1-6H3,(H,28,33)(H,29,31)(H,30,32)(H,34,35)(H4,25,26,27). The largest absolute Gasteiger partial charge is 0.480 e. The molecular weight excluding hydrogens is 454 g/mol. The number of carbonyl (C=O) groups excluding carboxylic acids is 3. The maximum Gasteiger partial charge on any atom is 0.326 e. The fourth-order valence-electron chi connectivity index (χ4n) is 3.32. The zero-order valence-corrected chi connectivity index (χ0v) is 21.8. The number of aliphatic imine (C=N–C) groups is 1. The highest BCUT2D eigenvalue weighted by Gasteiger charge is 2.34. The number of carboxylic acid groups (broad SMARTS) is 1. The maximum absolute atomic E-state index is 13.2. The zero-order chi connectivity index (χ0) is 27.3. The van der Waals surface area contributed by atoms with Crippen LogP contribution in [0.25, 0.3) is 0 Å². The van der Waals surface area contributed by atoms with Crippen LogP contribution in [0.15, 0.2) is 4.99 Å². The third-order valence-corrected chi connectivity index (χ3v) is 6.12. The zero-order valence-electron chi connectivity index (χ0n) is 21.8. The van der Waals surface area contributed by atoms with Crippen molar-refractivity contribution in [3.8, 4) is 0 Å². The van der Waals surface area contributed by atoms with Gasteiger partial charge in [-0.05, 0) is 30.6 Å². The van der Waals surface area contributed by atoms with E-state index in [1.165, 1.54) is 0 Å². The first-order chi connectivity index (χ1) is 16.3. The molecule has 0 saturated heterocycles. The van der Waals surface area contributed by atoms with Crippen LogP contribution < -0.4 is 33.2 Å². The number of carbonyl (C=O) groups is 4. The molecule has 0 aliphatic carbocycles. The second-order valence-corrected chi connectivity index (χ2v) is 9.37. The van der Waals surface area contributed by atoms with Crippen molar-refractivity contribution < 1.29 is 24.3 Å². The molecule has 10 N–H and O–H groups in total. The van der Waals surface area contributed by atoms with Gasteiger partial charge in [0.15, 0.2) is 5.96 Å². The van der Waals surface area contributed by atoms with Gasteiger partial charge in [-0.25, -0.2) is 4.79 Å². The molecule has 6 unspecified atom stereocenters. The number of hydrogen-bond acceptors (Lipinski definition) is 6. The van der Waals surface area contributed by atoms with E-state index in [1.807, 2.05) is 20.8 Å². The van der Waals surface area contributed by atoms with Crippen molar-refractivity contribution in [2.24, 2.45) is 39.9 Å². The lowest BCUT2D eigenvalue weighted by atomic mass is 9.95. The number of rotatable bonds is 16. The molecule has 0 bridgehead atoms. The first-order valence-electron chi connectivity index (χ1n) is 12.2. The van der Waals surface area contributed by atoms with Gasteiger partial charge in [0.2, 0.25) is 17.7 Å². The minimum Gasteiger partial charge on any atom is -0.480 e. The van der Waals surface area contributed by atoms with Gasteiger partial charge in [-0.1, -0.05) is 54.4 Å². The Hall–Kier alpha value is -2.89. The summed E-state index contributed by atoms with van der Waals surface area (Å²) in [4.78, 5) is 54.2. The summed E-state index contributed by atoms with van der Waals surface area (Å²) >= 11 is 0. The van der Waals surface area contributed by atoms with Gasteiger partial charge in [0.25, 0.3) is 0 Å². The van der Waals surface area contributed by atoms with E-state index >= 15 is 0 Å². The quantitative estimate of drug-likeness (QED) is 0.0844. The van der Waals surface area contributed by atoms with Crippen LogP contribution in [-0.2, 0) is 19.2 Å². The van der Waals surface area contributed by atoms with E-state index in [9.17, 15) is 24.3 Å². The minimum atomic E-state index is -1.14. The Balaban J connectivity index is 5.41. The monoisotopic (exact) mass is 499 g/mol. The Morgan fingerprint density at radius 1 is 0.800 bits per heavy atom. The Morgan fingerprint density at radius 2 is 1.26 bits per heavy atom. The molecule has 0 saturated carbocycles. The summed E-state index contributed by atoms with van der Waals surface area (Å²) in [7, 11) is 0. The topological polar surface area (TPSA) is 215 Å². The van der Waals surface area contributed by atoms with Crippen LogP contribution in [0, 0.1) is 17.8 Å². The number of aliphatic carboxylic acids is 1. The summed E-state index contributed by atoms with van der Waals surface area (Å²) in [5, 5.41) is 17.4. The Morgan fingerprint density at radius 3 is 1.71 bits per heavy atom. The van der Waals surface area contributed by atoms with Crippen LogP contribution >= 0.6 is 0 Å². The Bertz CT molecular complexity index is 740. The van der Waals surface area contributed by atoms with Gasteiger partial charge >= 0.3 is 5.97 Å². The maximum atomic E-state index is 13.2. The average molecular weight is 500 g/mol. The summed E-state index contributed by atoms with van der Waals surface area (Å²) in [6.45, 7) is 11.1. The SMILES string of the molecule is CCC(C)C(NC(=O)C(NC(=O)C(NC(=O)C(N)CCCN=C(N)N)C(C)CC)C(C)C)C(=O)O. The van der Waals surface area contributed by atoms with Crippen molar-refractivity contribution in [1.29, 1.82) is 0 Å². The van der Waals surface area contributed by atoms with Crippen LogP contribution in [0.1, 0.15) is 67.2 Å². The van der Waals surface area contributed by atoms with Gasteiger partial charge < -0.3 is 38.3 Å². The molecule has 3 amide bonds. The van der Waals surface area contributed by atoms with Crippen molar-refractivity contribution in [3.63, 3.8) is 0 Å². The number of carboxylic acids is 1. The fraction of sp³-hybridized carbons (Fsp3) is 0.783. The van der Waals surface area contributed by atoms with Crippen molar-refractivity contribution in [1.82, 2.24) is 16.0 Å². The van der Waals surface area contributed by atoms with E-state index in [0.717, 1.165) is 0 Å².